The van der Waals surface area contributed by atoms with Gasteiger partial charge in [-0.05, 0) is 75.3 Å². The number of hydrogen-bond donors (Lipinski definition) is 0. The zero-order chi connectivity index (χ0) is 23.8. The molecule has 0 bridgehead atoms. The first-order chi connectivity index (χ1) is 16.5. The van der Waals surface area contributed by atoms with Crippen molar-refractivity contribution in [2.75, 3.05) is 18.6 Å². The summed E-state index contributed by atoms with van der Waals surface area (Å²) in [5, 5.41) is 5.09. The Balaban J connectivity index is 0.00000289. The summed E-state index contributed by atoms with van der Waals surface area (Å²) in [6.07, 6.45) is 4.34. The normalized spacial score (nSPS) is 12.5. The van der Waals surface area contributed by atoms with Gasteiger partial charge in [-0.1, -0.05) is 42.8 Å². The molecule has 0 N–H and O–H groups in total. The molecular formula is C29H35ClN4O. The maximum Gasteiger partial charge on any atom is 0.165 e. The Morgan fingerprint density at radius 3 is 2.49 bits per heavy atom. The number of rotatable bonds is 7. The number of benzene rings is 2. The van der Waals surface area contributed by atoms with Gasteiger partial charge in [0.2, 0.25) is 0 Å². The molecule has 0 saturated carbocycles. The number of aryl methyl sites for hydroxylation is 4. The Morgan fingerprint density at radius 1 is 1.03 bits per heavy atom. The molecular weight excluding hydrogens is 456 g/mol. The fourth-order valence-corrected chi connectivity index (χ4v) is 5.24. The van der Waals surface area contributed by atoms with Crippen molar-refractivity contribution >= 4 is 23.9 Å². The molecule has 0 spiro atoms. The predicted molar refractivity (Wildman–Crippen MR) is 146 cm³/mol. The lowest BCUT2D eigenvalue weighted by atomic mass is 10.0. The van der Waals surface area contributed by atoms with E-state index in [2.05, 4.69) is 73.5 Å². The SMILES string of the molecule is CCCN(Cc1ccc(C)cc1)c1c2c(nc3c(-c4ccc(OC)cc4C)c(C)nn13)CCC2.Cl. The second kappa shape index (κ2) is 10.3. The van der Waals surface area contributed by atoms with E-state index < -0.39 is 0 Å². The van der Waals surface area contributed by atoms with Crippen LogP contribution < -0.4 is 9.64 Å². The lowest BCUT2D eigenvalue weighted by Gasteiger charge is -2.27. The molecule has 1 aliphatic carbocycles. The Kier molecular flexibility index (Phi) is 7.36. The van der Waals surface area contributed by atoms with Gasteiger partial charge in [-0.3, -0.25) is 0 Å². The summed E-state index contributed by atoms with van der Waals surface area (Å²) in [7, 11) is 1.71. The molecule has 184 valence electrons. The first-order valence-electron chi connectivity index (χ1n) is 12.4. The van der Waals surface area contributed by atoms with Crippen molar-refractivity contribution in [3.05, 3.63) is 76.1 Å². The van der Waals surface area contributed by atoms with E-state index in [9.17, 15) is 0 Å². The minimum absolute atomic E-state index is 0. The number of hydrogen-bond acceptors (Lipinski definition) is 4. The number of aromatic nitrogens is 3. The molecule has 4 aromatic rings. The van der Waals surface area contributed by atoms with E-state index in [1.54, 1.807) is 7.11 Å². The van der Waals surface area contributed by atoms with Gasteiger partial charge in [0, 0.05) is 29.9 Å². The summed E-state index contributed by atoms with van der Waals surface area (Å²) < 4.78 is 7.57. The van der Waals surface area contributed by atoms with E-state index in [1.807, 2.05) is 6.07 Å². The standard InChI is InChI=1S/C29H34N4O.ClH/c1-6-16-32(18-22-12-10-19(2)11-13-22)29-25-8-7-9-26(25)30-28-27(21(4)31-33(28)29)24-15-14-23(34-5)17-20(24)3;/h10-15,17H,6-9,16,18H2,1-5H3;1H. The van der Waals surface area contributed by atoms with Gasteiger partial charge in [0.25, 0.3) is 0 Å². The van der Waals surface area contributed by atoms with Crippen LogP contribution in [0, 0.1) is 20.8 Å². The highest BCUT2D eigenvalue weighted by Crippen LogP contribution is 2.38. The summed E-state index contributed by atoms with van der Waals surface area (Å²) in [5.74, 6) is 2.09. The van der Waals surface area contributed by atoms with Gasteiger partial charge in [0.15, 0.2) is 5.65 Å². The van der Waals surface area contributed by atoms with Crippen LogP contribution in [0.3, 0.4) is 0 Å². The van der Waals surface area contributed by atoms with Crippen molar-refractivity contribution in [2.24, 2.45) is 0 Å². The summed E-state index contributed by atoms with van der Waals surface area (Å²) >= 11 is 0. The van der Waals surface area contributed by atoms with Gasteiger partial charge in [0.1, 0.15) is 11.6 Å². The molecule has 6 heteroatoms. The van der Waals surface area contributed by atoms with E-state index in [4.69, 9.17) is 14.8 Å². The first kappa shape index (κ1) is 25.1. The molecule has 0 aliphatic heterocycles. The van der Waals surface area contributed by atoms with Crippen molar-refractivity contribution in [1.82, 2.24) is 14.6 Å². The van der Waals surface area contributed by atoms with Crippen LogP contribution in [0.4, 0.5) is 5.82 Å². The monoisotopic (exact) mass is 490 g/mol. The fourth-order valence-electron chi connectivity index (χ4n) is 5.24. The maximum absolute atomic E-state index is 5.44. The van der Waals surface area contributed by atoms with E-state index in [-0.39, 0.29) is 12.4 Å². The minimum Gasteiger partial charge on any atom is -0.497 e. The Hall–Kier alpha value is -3.05. The third-order valence-corrected chi connectivity index (χ3v) is 6.93. The quantitative estimate of drug-likeness (QED) is 0.290. The molecule has 1 aliphatic rings. The number of nitrogens with zero attached hydrogens (tertiary/aromatic N) is 4. The molecule has 0 atom stereocenters. The molecule has 0 saturated heterocycles. The van der Waals surface area contributed by atoms with Crippen LogP contribution >= 0.6 is 12.4 Å². The number of halogens is 1. The van der Waals surface area contributed by atoms with Crippen molar-refractivity contribution in [1.29, 1.82) is 0 Å². The number of ether oxygens (including phenoxy) is 1. The van der Waals surface area contributed by atoms with E-state index >= 15 is 0 Å². The molecule has 0 radical (unpaired) electrons. The lowest BCUT2D eigenvalue weighted by Crippen LogP contribution is -2.27. The number of fused-ring (bicyclic) bond motifs is 2. The minimum atomic E-state index is 0. The lowest BCUT2D eigenvalue weighted by molar-refractivity contribution is 0.414. The van der Waals surface area contributed by atoms with Crippen molar-refractivity contribution in [3.63, 3.8) is 0 Å². The zero-order valence-electron chi connectivity index (χ0n) is 21.4. The summed E-state index contributed by atoms with van der Waals surface area (Å²) in [5.41, 5.74) is 10.7. The molecule has 2 aromatic carbocycles. The highest BCUT2D eigenvalue weighted by atomic mass is 35.5. The van der Waals surface area contributed by atoms with Crippen LogP contribution in [0.1, 0.15) is 53.4 Å². The van der Waals surface area contributed by atoms with E-state index in [0.29, 0.717) is 0 Å². The second-order valence-corrected chi connectivity index (χ2v) is 9.50. The Morgan fingerprint density at radius 2 is 1.80 bits per heavy atom. The highest BCUT2D eigenvalue weighted by molar-refractivity contribution is 5.85. The average Bonchev–Trinajstić information content (AvgIpc) is 3.42. The molecule has 0 amide bonds. The largest absolute Gasteiger partial charge is 0.497 e. The van der Waals surface area contributed by atoms with Crippen LogP contribution in [-0.4, -0.2) is 28.3 Å². The Labute approximate surface area is 214 Å². The van der Waals surface area contributed by atoms with E-state index in [0.717, 1.165) is 61.4 Å². The smallest absolute Gasteiger partial charge is 0.165 e. The topological polar surface area (TPSA) is 42.7 Å². The van der Waals surface area contributed by atoms with Gasteiger partial charge in [-0.25, -0.2) is 4.98 Å². The summed E-state index contributed by atoms with van der Waals surface area (Å²) in [6, 6.07) is 15.2. The average molecular weight is 491 g/mol. The molecule has 5 nitrogen and oxygen atoms in total. The van der Waals surface area contributed by atoms with Crippen LogP contribution in [0.2, 0.25) is 0 Å². The molecule has 5 rings (SSSR count). The van der Waals surface area contributed by atoms with Gasteiger partial charge in [-0.2, -0.15) is 9.61 Å². The first-order valence-corrected chi connectivity index (χ1v) is 12.4. The van der Waals surface area contributed by atoms with Crippen molar-refractivity contribution in [3.8, 4) is 16.9 Å². The van der Waals surface area contributed by atoms with Gasteiger partial charge in [-0.15, -0.1) is 12.4 Å². The second-order valence-electron chi connectivity index (χ2n) is 9.50. The van der Waals surface area contributed by atoms with E-state index in [1.165, 1.54) is 39.3 Å². The number of anilines is 1. The third-order valence-electron chi connectivity index (χ3n) is 6.93. The molecule has 35 heavy (non-hydrogen) atoms. The molecule has 2 heterocycles. The summed E-state index contributed by atoms with van der Waals surface area (Å²) in [4.78, 5) is 7.72. The van der Waals surface area contributed by atoms with Crippen LogP contribution in [0.25, 0.3) is 16.8 Å². The molecule has 0 fully saturated rings. The van der Waals surface area contributed by atoms with Gasteiger partial charge in [0.05, 0.1) is 12.8 Å². The van der Waals surface area contributed by atoms with Crippen LogP contribution in [-0.2, 0) is 19.4 Å². The summed E-state index contributed by atoms with van der Waals surface area (Å²) in [6.45, 7) is 10.5. The molecule has 0 unspecified atom stereocenters. The zero-order valence-corrected chi connectivity index (χ0v) is 22.2. The number of methoxy groups -OCH3 is 1. The highest BCUT2D eigenvalue weighted by Gasteiger charge is 2.27. The van der Waals surface area contributed by atoms with Gasteiger partial charge < -0.3 is 9.64 Å². The van der Waals surface area contributed by atoms with Crippen molar-refractivity contribution in [2.45, 2.75) is 59.9 Å². The van der Waals surface area contributed by atoms with Gasteiger partial charge >= 0.3 is 0 Å². The molecule has 2 aromatic heterocycles. The Bertz CT molecular complexity index is 1340. The fraction of sp³-hybridized carbons (Fsp3) is 0.379. The van der Waals surface area contributed by atoms with Crippen LogP contribution in [0.15, 0.2) is 42.5 Å². The van der Waals surface area contributed by atoms with Crippen LogP contribution in [0.5, 0.6) is 5.75 Å². The van der Waals surface area contributed by atoms with Crippen molar-refractivity contribution < 1.29 is 4.74 Å². The predicted octanol–water partition coefficient (Wildman–Crippen LogP) is 6.66. The maximum atomic E-state index is 5.44. The third kappa shape index (κ3) is 4.62.